The molecule has 0 bridgehead atoms. The molecule has 3 nitrogen and oxygen atoms in total. The zero-order valence-electron chi connectivity index (χ0n) is 12.8. The third-order valence-electron chi connectivity index (χ3n) is 3.58. The Labute approximate surface area is 136 Å². The number of amides is 1. The number of hydrogen-bond donors (Lipinski definition) is 1. The third-order valence-corrected chi connectivity index (χ3v) is 3.91. The van der Waals surface area contributed by atoms with Gasteiger partial charge in [-0.05, 0) is 42.2 Å². The summed E-state index contributed by atoms with van der Waals surface area (Å²) in [6, 6.07) is 15.0. The maximum Gasteiger partial charge on any atom is 0.262 e. The van der Waals surface area contributed by atoms with E-state index < -0.39 is 0 Å². The molecule has 0 aliphatic heterocycles. The Bertz CT molecular complexity index is 625. The lowest BCUT2D eigenvalue weighted by Crippen LogP contribution is -2.20. The van der Waals surface area contributed by atoms with Crippen molar-refractivity contribution in [2.45, 2.75) is 26.2 Å². The quantitative estimate of drug-likeness (QED) is 0.825. The monoisotopic (exact) mass is 317 g/mol. The summed E-state index contributed by atoms with van der Waals surface area (Å²) in [5.74, 6) is 0.970. The van der Waals surface area contributed by atoms with Crippen molar-refractivity contribution < 1.29 is 9.53 Å². The number of rotatable bonds is 6. The number of benzene rings is 2. The van der Waals surface area contributed by atoms with E-state index in [-0.39, 0.29) is 12.5 Å². The molecule has 2 rings (SSSR count). The van der Waals surface area contributed by atoms with Crippen LogP contribution in [-0.4, -0.2) is 12.5 Å². The van der Waals surface area contributed by atoms with Crippen molar-refractivity contribution in [2.75, 3.05) is 11.9 Å². The molecular formula is C18H20ClNO2. The fraction of sp³-hybridized carbons (Fsp3) is 0.278. The largest absolute Gasteiger partial charge is 0.484 e. The summed E-state index contributed by atoms with van der Waals surface area (Å²) < 4.78 is 5.49. The Morgan fingerprint density at radius 3 is 2.50 bits per heavy atom. The summed E-state index contributed by atoms with van der Waals surface area (Å²) >= 11 is 5.99. The minimum atomic E-state index is -0.237. The van der Waals surface area contributed by atoms with E-state index in [9.17, 15) is 4.79 Å². The first-order chi connectivity index (χ1) is 10.6. The molecule has 22 heavy (non-hydrogen) atoms. The van der Waals surface area contributed by atoms with Gasteiger partial charge in [-0.25, -0.2) is 0 Å². The average Bonchev–Trinajstić information content (AvgIpc) is 2.55. The fourth-order valence-electron chi connectivity index (χ4n) is 2.03. The molecular weight excluding hydrogens is 298 g/mol. The maximum absolute atomic E-state index is 11.9. The highest BCUT2D eigenvalue weighted by Crippen LogP contribution is 2.22. The normalized spacial score (nSPS) is 11.8. The second kappa shape index (κ2) is 7.85. The summed E-state index contributed by atoms with van der Waals surface area (Å²) in [6.07, 6.45) is 1.10. The summed E-state index contributed by atoms with van der Waals surface area (Å²) in [6.45, 7) is 4.30. The second-order valence-corrected chi connectivity index (χ2v) is 5.60. The van der Waals surface area contributed by atoms with Gasteiger partial charge in [-0.3, -0.25) is 4.79 Å². The summed E-state index contributed by atoms with van der Waals surface area (Å²) in [7, 11) is 0. The average molecular weight is 318 g/mol. The molecule has 0 aliphatic rings. The zero-order valence-corrected chi connectivity index (χ0v) is 13.6. The standard InChI is InChI=1S/C18H20ClNO2/c1-3-13(2)14-8-10-15(11-9-14)22-12-18(21)20-17-7-5-4-6-16(17)19/h4-11,13H,3,12H2,1-2H3,(H,20,21)/t13-/m0/s1. The van der Waals surface area contributed by atoms with Gasteiger partial charge in [-0.1, -0.05) is 49.7 Å². The van der Waals surface area contributed by atoms with E-state index in [1.807, 2.05) is 36.4 Å². The van der Waals surface area contributed by atoms with Crippen LogP contribution in [0.15, 0.2) is 48.5 Å². The number of para-hydroxylation sites is 1. The van der Waals surface area contributed by atoms with E-state index in [1.54, 1.807) is 12.1 Å². The van der Waals surface area contributed by atoms with Crippen LogP contribution in [0.5, 0.6) is 5.75 Å². The molecule has 0 unspecified atom stereocenters. The van der Waals surface area contributed by atoms with Gasteiger partial charge in [0.1, 0.15) is 5.75 Å². The minimum absolute atomic E-state index is 0.0477. The highest BCUT2D eigenvalue weighted by atomic mass is 35.5. The number of hydrogen-bond acceptors (Lipinski definition) is 2. The van der Waals surface area contributed by atoms with E-state index in [1.165, 1.54) is 5.56 Å². The highest BCUT2D eigenvalue weighted by Gasteiger charge is 2.07. The Kier molecular flexibility index (Phi) is 5.84. The van der Waals surface area contributed by atoms with Crippen molar-refractivity contribution in [1.29, 1.82) is 0 Å². The van der Waals surface area contributed by atoms with E-state index in [2.05, 4.69) is 19.2 Å². The van der Waals surface area contributed by atoms with Crippen molar-refractivity contribution in [3.05, 3.63) is 59.1 Å². The van der Waals surface area contributed by atoms with Crippen molar-refractivity contribution in [3.63, 3.8) is 0 Å². The van der Waals surface area contributed by atoms with Crippen LogP contribution >= 0.6 is 11.6 Å². The molecule has 0 saturated heterocycles. The van der Waals surface area contributed by atoms with Gasteiger partial charge in [-0.15, -0.1) is 0 Å². The molecule has 2 aromatic carbocycles. The van der Waals surface area contributed by atoms with Crippen LogP contribution in [0.1, 0.15) is 31.7 Å². The minimum Gasteiger partial charge on any atom is -0.484 e. The number of carbonyl (C=O) groups excluding carboxylic acids is 1. The molecule has 0 spiro atoms. The van der Waals surface area contributed by atoms with Gasteiger partial charge in [0.15, 0.2) is 6.61 Å². The lowest BCUT2D eigenvalue weighted by molar-refractivity contribution is -0.118. The summed E-state index contributed by atoms with van der Waals surface area (Å²) in [5.41, 5.74) is 1.86. The first-order valence-electron chi connectivity index (χ1n) is 7.37. The van der Waals surface area contributed by atoms with Gasteiger partial charge in [0.25, 0.3) is 5.91 Å². The molecule has 0 aromatic heterocycles. The smallest absolute Gasteiger partial charge is 0.262 e. The van der Waals surface area contributed by atoms with Crippen molar-refractivity contribution >= 4 is 23.2 Å². The molecule has 116 valence electrons. The first kappa shape index (κ1) is 16.4. The number of carbonyl (C=O) groups is 1. The lowest BCUT2D eigenvalue weighted by Gasteiger charge is -2.11. The number of nitrogens with one attached hydrogen (secondary N) is 1. The lowest BCUT2D eigenvalue weighted by atomic mass is 9.99. The summed E-state index contributed by atoms with van der Waals surface area (Å²) in [5, 5.41) is 3.23. The van der Waals surface area contributed by atoms with Gasteiger partial charge < -0.3 is 10.1 Å². The topological polar surface area (TPSA) is 38.3 Å². The Morgan fingerprint density at radius 2 is 1.86 bits per heavy atom. The number of ether oxygens (including phenoxy) is 1. The fourth-order valence-corrected chi connectivity index (χ4v) is 2.21. The molecule has 4 heteroatoms. The predicted octanol–water partition coefficient (Wildman–Crippen LogP) is 4.87. The van der Waals surface area contributed by atoms with Crippen molar-refractivity contribution in [3.8, 4) is 5.75 Å². The van der Waals surface area contributed by atoms with E-state index in [4.69, 9.17) is 16.3 Å². The van der Waals surface area contributed by atoms with Gasteiger partial charge in [0.2, 0.25) is 0 Å². The van der Waals surface area contributed by atoms with Crippen molar-refractivity contribution in [2.24, 2.45) is 0 Å². The highest BCUT2D eigenvalue weighted by molar-refractivity contribution is 6.33. The van der Waals surface area contributed by atoms with Crippen LogP contribution < -0.4 is 10.1 Å². The predicted molar refractivity (Wildman–Crippen MR) is 90.7 cm³/mol. The van der Waals surface area contributed by atoms with Gasteiger partial charge in [-0.2, -0.15) is 0 Å². The number of anilines is 1. The van der Waals surface area contributed by atoms with Gasteiger partial charge in [0, 0.05) is 0 Å². The van der Waals surface area contributed by atoms with Gasteiger partial charge in [0.05, 0.1) is 10.7 Å². The van der Waals surface area contributed by atoms with Crippen LogP contribution in [0.25, 0.3) is 0 Å². The van der Waals surface area contributed by atoms with E-state index in [0.29, 0.717) is 22.4 Å². The van der Waals surface area contributed by atoms with Crippen molar-refractivity contribution in [1.82, 2.24) is 0 Å². The number of halogens is 1. The Balaban J connectivity index is 1.87. The van der Waals surface area contributed by atoms with Crippen LogP contribution in [0.2, 0.25) is 5.02 Å². The zero-order chi connectivity index (χ0) is 15.9. The molecule has 0 fully saturated rings. The van der Waals surface area contributed by atoms with E-state index >= 15 is 0 Å². The molecule has 0 heterocycles. The molecule has 2 aromatic rings. The molecule has 0 saturated carbocycles. The molecule has 1 atom stereocenters. The maximum atomic E-state index is 11.9. The Morgan fingerprint density at radius 1 is 1.18 bits per heavy atom. The van der Waals surface area contributed by atoms with Crippen LogP contribution in [0.3, 0.4) is 0 Å². The molecule has 1 N–H and O–H groups in total. The van der Waals surface area contributed by atoms with E-state index in [0.717, 1.165) is 6.42 Å². The Hall–Kier alpha value is -2.00. The molecule has 0 aliphatic carbocycles. The molecule has 1 amide bonds. The molecule has 0 radical (unpaired) electrons. The van der Waals surface area contributed by atoms with Crippen LogP contribution in [0.4, 0.5) is 5.69 Å². The van der Waals surface area contributed by atoms with Crippen LogP contribution in [-0.2, 0) is 4.79 Å². The third kappa shape index (κ3) is 4.50. The first-order valence-corrected chi connectivity index (χ1v) is 7.75. The second-order valence-electron chi connectivity index (χ2n) is 5.20. The summed E-state index contributed by atoms with van der Waals surface area (Å²) in [4.78, 5) is 11.9. The van der Waals surface area contributed by atoms with Crippen LogP contribution in [0, 0.1) is 0 Å². The SMILES string of the molecule is CC[C@H](C)c1ccc(OCC(=O)Nc2ccccc2Cl)cc1. The van der Waals surface area contributed by atoms with Gasteiger partial charge >= 0.3 is 0 Å².